The first-order valence-corrected chi connectivity index (χ1v) is 3.02. The molecule has 1 heteroatoms. The van der Waals surface area contributed by atoms with Gasteiger partial charge in [-0.1, -0.05) is 20.4 Å². The van der Waals surface area contributed by atoms with E-state index in [4.69, 9.17) is 0 Å². The Morgan fingerprint density at radius 2 is 2.25 bits per heavy atom. The van der Waals surface area contributed by atoms with E-state index in [9.17, 15) is 0 Å². The summed E-state index contributed by atoms with van der Waals surface area (Å²) in [6.45, 7) is 9.42. The van der Waals surface area contributed by atoms with E-state index < -0.39 is 0 Å². The first-order chi connectivity index (χ1) is 3.60. The van der Waals surface area contributed by atoms with E-state index in [2.05, 4.69) is 25.7 Å². The highest BCUT2D eigenvalue weighted by molar-refractivity contribution is 5.03. The van der Waals surface area contributed by atoms with E-state index in [1.807, 2.05) is 0 Å². The highest BCUT2D eigenvalue weighted by Crippen LogP contribution is 2.27. The fourth-order valence-electron chi connectivity index (χ4n) is 1.07. The number of hydrogen-bond donors (Lipinski definition) is 1. The van der Waals surface area contributed by atoms with Crippen molar-refractivity contribution in [1.82, 2.24) is 5.32 Å². The molecule has 1 aliphatic heterocycles. The minimum Gasteiger partial charge on any atom is -0.388 e. The summed E-state index contributed by atoms with van der Waals surface area (Å²) in [4.78, 5) is 0. The molecule has 1 nitrogen and oxygen atoms in total. The first-order valence-electron chi connectivity index (χ1n) is 3.02. The van der Waals surface area contributed by atoms with Gasteiger partial charge in [0.15, 0.2) is 0 Å². The van der Waals surface area contributed by atoms with Gasteiger partial charge < -0.3 is 5.32 Å². The summed E-state index contributed by atoms with van der Waals surface area (Å²) in [6, 6.07) is 0. The SMILES string of the molecule is C=C1CC(C)(C)CN1. The second kappa shape index (κ2) is 1.51. The lowest BCUT2D eigenvalue weighted by atomic mass is 9.92. The molecule has 1 rings (SSSR count). The topological polar surface area (TPSA) is 12.0 Å². The zero-order valence-corrected chi connectivity index (χ0v) is 5.62. The van der Waals surface area contributed by atoms with Gasteiger partial charge in [0, 0.05) is 12.2 Å². The molecule has 1 saturated heterocycles. The fraction of sp³-hybridized carbons (Fsp3) is 0.714. The van der Waals surface area contributed by atoms with Crippen LogP contribution in [0.4, 0.5) is 0 Å². The van der Waals surface area contributed by atoms with E-state index in [1.54, 1.807) is 0 Å². The molecular weight excluding hydrogens is 98.1 g/mol. The molecule has 0 aliphatic carbocycles. The van der Waals surface area contributed by atoms with E-state index in [0.29, 0.717) is 5.41 Å². The van der Waals surface area contributed by atoms with Gasteiger partial charge in [-0.25, -0.2) is 0 Å². The molecule has 46 valence electrons. The van der Waals surface area contributed by atoms with Crippen LogP contribution in [0.1, 0.15) is 20.3 Å². The number of nitrogens with one attached hydrogen (secondary N) is 1. The normalized spacial score (nSPS) is 25.5. The average Bonchev–Trinajstić information content (AvgIpc) is 1.82. The molecule has 1 aliphatic rings. The first kappa shape index (κ1) is 5.67. The van der Waals surface area contributed by atoms with Crippen molar-refractivity contribution in [2.45, 2.75) is 20.3 Å². The van der Waals surface area contributed by atoms with Crippen LogP contribution < -0.4 is 5.32 Å². The van der Waals surface area contributed by atoms with Crippen LogP contribution in [0.2, 0.25) is 0 Å². The third-order valence-electron chi connectivity index (χ3n) is 1.51. The molecule has 1 heterocycles. The van der Waals surface area contributed by atoms with Gasteiger partial charge in [0.25, 0.3) is 0 Å². The lowest BCUT2D eigenvalue weighted by Crippen LogP contribution is -2.14. The van der Waals surface area contributed by atoms with E-state index in [0.717, 1.165) is 13.0 Å². The third kappa shape index (κ3) is 1.03. The molecule has 0 radical (unpaired) electrons. The second-order valence-corrected chi connectivity index (χ2v) is 3.30. The van der Waals surface area contributed by atoms with E-state index >= 15 is 0 Å². The minimum absolute atomic E-state index is 0.455. The van der Waals surface area contributed by atoms with Crippen molar-refractivity contribution in [2.75, 3.05) is 6.54 Å². The Morgan fingerprint density at radius 3 is 2.38 bits per heavy atom. The maximum Gasteiger partial charge on any atom is 0.0198 e. The minimum atomic E-state index is 0.455. The van der Waals surface area contributed by atoms with Gasteiger partial charge in [-0.05, 0) is 11.8 Å². The maximum atomic E-state index is 3.84. The summed E-state index contributed by atoms with van der Waals surface area (Å²) < 4.78 is 0. The molecule has 0 spiro atoms. The van der Waals surface area contributed by atoms with E-state index in [-0.39, 0.29) is 0 Å². The molecule has 0 aromatic heterocycles. The summed E-state index contributed by atoms with van der Waals surface area (Å²) >= 11 is 0. The predicted molar refractivity (Wildman–Crippen MR) is 35.5 cm³/mol. The van der Waals surface area contributed by atoms with Gasteiger partial charge >= 0.3 is 0 Å². The number of allylic oxidation sites excluding steroid dienone is 1. The van der Waals surface area contributed by atoms with Gasteiger partial charge in [-0.15, -0.1) is 0 Å². The molecule has 0 bridgehead atoms. The number of hydrogen-bond acceptors (Lipinski definition) is 1. The molecule has 0 amide bonds. The van der Waals surface area contributed by atoms with Crippen LogP contribution in [0.5, 0.6) is 0 Å². The number of rotatable bonds is 0. The van der Waals surface area contributed by atoms with Gasteiger partial charge in [-0.2, -0.15) is 0 Å². The fourth-order valence-corrected chi connectivity index (χ4v) is 1.07. The second-order valence-electron chi connectivity index (χ2n) is 3.30. The molecule has 1 fully saturated rings. The lowest BCUT2D eigenvalue weighted by molar-refractivity contribution is 0.417. The molecule has 1 N–H and O–H groups in total. The van der Waals surface area contributed by atoms with Crippen LogP contribution in [0.3, 0.4) is 0 Å². The molecule has 0 unspecified atom stereocenters. The Kier molecular flexibility index (Phi) is 1.07. The highest BCUT2D eigenvalue weighted by Gasteiger charge is 2.24. The van der Waals surface area contributed by atoms with Gasteiger partial charge in [0.05, 0.1) is 0 Å². The smallest absolute Gasteiger partial charge is 0.0198 e. The molecule has 0 atom stereocenters. The van der Waals surface area contributed by atoms with Crippen LogP contribution in [0, 0.1) is 5.41 Å². The van der Waals surface area contributed by atoms with Gasteiger partial charge in [0.1, 0.15) is 0 Å². The monoisotopic (exact) mass is 111 g/mol. The summed E-state index contributed by atoms with van der Waals surface area (Å²) in [5.74, 6) is 0. The van der Waals surface area contributed by atoms with Crippen LogP contribution in [-0.2, 0) is 0 Å². The largest absolute Gasteiger partial charge is 0.388 e. The quantitative estimate of drug-likeness (QED) is 0.499. The Bertz CT molecular complexity index is 114. The molecule has 0 aromatic rings. The standard InChI is InChI=1S/C7H13N/c1-6-4-7(2,3)5-8-6/h8H,1,4-5H2,2-3H3. The Balaban J connectivity index is 2.56. The summed E-state index contributed by atoms with van der Waals surface area (Å²) in [6.07, 6.45) is 1.13. The highest BCUT2D eigenvalue weighted by atomic mass is 14.9. The molecule has 0 saturated carbocycles. The van der Waals surface area contributed by atoms with Crippen molar-refractivity contribution >= 4 is 0 Å². The summed E-state index contributed by atoms with van der Waals surface area (Å²) in [5.41, 5.74) is 1.65. The Labute approximate surface area is 50.8 Å². The van der Waals surface area contributed by atoms with Crippen molar-refractivity contribution in [3.63, 3.8) is 0 Å². The molecule has 8 heavy (non-hydrogen) atoms. The van der Waals surface area contributed by atoms with Crippen molar-refractivity contribution in [3.8, 4) is 0 Å². The average molecular weight is 111 g/mol. The van der Waals surface area contributed by atoms with Crippen molar-refractivity contribution in [3.05, 3.63) is 12.3 Å². The van der Waals surface area contributed by atoms with E-state index in [1.165, 1.54) is 5.70 Å². The lowest BCUT2D eigenvalue weighted by Gasteiger charge is -2.12. The van der Waals surface area contributed by atoms with Crippen LogP contribution in [0.15, 0.2) is 12.3 Å². The maximum absolute atomic E-state index is 3.84. The van der Waals surface area contributed by atoms with Crippen molar-refractivity contribution < 1.29 is 0 Å². The van der Waals surface area contributed by atoms with Gasteiger partial charge in [0.2, 0.25) is 0 Å². The van der Waals surface area contributed by atoms with Crippen LogP contribution in [0.25, 0.3) is 0 Å². The predicted octanol–water partition coefficient (Wildman–Crippen LogP) is 1.52. The van der Waals surface area contributed by atoms with Crippen LogP contribution >= 0.6 is 0 Å². The Hall–Kier alpha value is -0.460. The molecular formula is C7H13N. The summed E-state index contributed by atoms with van der Waals surface area (Å²) in [5, 5.41) is 3.22. The third-order valence-corrected chi connectivity index (χ3v) is 1.51. The Morgan fingerprint density at radius 1 is 1.62 bits per heavy atom. The van der Waals surface area contributed by atoms with Gasteiger partial charge in [-0.3, -0.25) is 0 Å². The molecule has 0 aromatic carbocycles. The summed E-state index contributed by atoms with van der Waals surface area (Å²) in [7, 11) is 0. The zero-order valence-electron chi connectivity index (χ0n) is 5.62. The zero-order chi connectivity index (χ0) is 6.20. The van der Waals surface area contributed by atoms with Crippen LogP contribution in [-0.4, -0.2) is 6.54 Å². The van der Waals surface area contributed by atoms with Crippen molar-refractivity contribution in [1.29, 1.82) is 0 Å². The van der Waals surface area contributed by atoms with Crippen molar-refractivity contribution in [2.24, 2.45) is 5.41 Å².